The van der Waals surface area contributed by atoms with Crippen molar-refractivity contribution in [1.82, 2.24) is 15.3 Å². The van der Waals surface area contributed by atoms with Crippen LogP contribution < -0.4 is 5.32 Å². The summed E-state index contributed by atoms with van der Waals surface area (Å²) >= 11 is 0. The Morgan fingerprint density at radius 2 is 2.14 bits per heavy atom. The molecule has 0 bridgehead atoms. The summed E-state index contributed by atoms with van der Waals surface area (Å²) in [5.41, 5.74) is 3.32. The van der Waals surface area contributed by atoms with Crippen LogP contribution in [0.25, 0.3) is 0 Å². The van der Waals surface area contributed by atoms with Crippen molar-refractivity contribution in [2.45, 2.75) is 38.6 Å². The maximum Gasteiger partial charge on any atom is 0.0926 e. The Hall–Kier alpha value is -0.830. The topological polar surface area (TPSA) is 40.7 Å². The van der Waals surface area contributed by atoms with E-state index in [1.54, 1.807) is 0 Å². The minimum absolute atomic E-state index is 0.205. The van der Waals surface area contributed by atoms with Crippen LogP contribution in [0, 0.1) is 5.41 Å². The van der Waals surface area contributed by atoms with Crippen LogP contribution in [-0.2, 0) is 12.0 Å². The Balaban J connectivity index is 1.98. The summed E-state index contributed by atoms with van der Waals surface area (Å²) in [4.78, 5) is 7.74. The Kier molecular flexibility index (Phi) is 1.45. The number of imidazole rings is 1. The summed E-state index contributed by atoms with van der Waals surface area (Å²) in [5, 5.41) is 3.65. The number of fused-ring (bicyclic) bond motifs is 2. The maximum absolute atomic E-state index is 4.48. The minimum atomic E-state index is 0.205. The first-order chi connectivity index (χ1) is 6.61. The van der Waals surface area contributed by atoms with Crippen molar-refractivity contribution in [2.24, 2.45) is 5.41 Å². The van der Waals surface area contributed by atoms with E-state index in [0.29, 0.717) is 5.41 Å². The lowest BCUT2D eigenvalue weighted by Gasteiger charge is -2.54. The zero-order valence-electron chi connectivity index (χ0n) is 8.85. The van der Waals surface area contributed by atoms with Crippen LogP contribution in [0.2, 0.25) is 0 Å². The molecule has 14 heavy (non-hydrogen) atoms. The van der Waals surface area contributed by atoms with Gasteiger partial charge in [0.1, 0.15) is 0 Å². The van der Waals surface area contributed by atoms with Crippen LogP contribution in [0.4, 0.5) is 0 Å². The number of rotatable bonds is 0. The molecule has 0 unspecified atom stereocenters. The molecule has 1 aliphatic heterocycles. The van der Waals surface area contributed by atoms with Gasteiger partial charge in [-0.25, -0.2) is 4.98 Å². The van der Waals surface area contributed by atoms with E-state index >= 15 is 0 Å². The molecule has 1 fully saturated rings. The number of aromatic amines is 1. The van der Waals surface area contributed by atoms with Crippen LogP contribution in [-0.4, -0.2) is 16.5 Å². The van der Waals surface area contributed by atoms with Gasteiger partial charge in [-0.2, -0.15) is 0 Å². The Morgan fingerprint density at radius 1 is 1.36 bits per heavy atom. The van der Waals surface area contributed by atoms with Gasteiger partial charge >= 0.3 is 0 Å². The van der Waals surface area contributed by atoms with Crippen LogP contribution >= 0.6 is 0 Å². The van der Waals surface area contributed by atoms with Gasteiger partial charge in [0, 0.05) is 18.7 Å². The molecule has 0 saturated heterocycles. The summed E-state index contributed by atoms with van der Waals surface area (Å²) < 4.78 is 0. The molecule has 0 atom stereocenters. The lowest BCUT2D eigenvalue weighted by atomic mass is 9.57. The minimum Gasteiger partial charge on any atom is -0.348 e. The van der Waals surface area contributed by atoms with Gasteiger partial charge in [0.05, 0.1) is 17.6 Å². The highest BCUT2D eigenvalue weighted by Crippen LogP contribution is 2.54. The second-order valence-electron chi connectivity index (χ2n) is 5.51. The lowest BCUT2D eigenvalue weighted by Crippen LogP contribution is -2.59. The van der Waals surface area contributed by atoms with Gasteiger partial charge < -0.3 is 10.3 Å². The fourth-order valence-electron chi connectivity index (χ4n) is 3.31. The fraction of sp³-hybridized carbons (Fsp3) is 0.727. The maximum atomic E-state index is 4.48. The van der Waals surface area contributed by atoms with E-state index in [2.05, 4.69) is 29.1 Å². The van der Waals surface area contributed by atoms with Gasteiger partial charge in [0.2, 0.25) is 0 Å². The molecular weight excluding hydrogens is 174 g/mol. The molecule has 1 aromatic heterocycles. The third-order valence-corrected chi connectivity index (χ3v) is 3.57. The molecule has 76 valence electrons. The lowest BCUT2D eigenvalue weighted by molar-refractivity contribution is 0.0204. The Morgan fingerprint density at radius 3 is 2.86 bits per heavy atom. The largest absolute Gasteiger partial charge is 0.348 e. The predicted molar refractivity (Wildman–Crippen MR) is 55.0 cm³/mol. The van der Waals surface area contributed by atoms with E-state index < -0.39 is 0 Å². The first kappa shape index (κ1) is 8.48. The molecule has 3 rings (SSSR count). The molecule has 1 aliphatic carbocycles. The SMILES string of the molecule is CC1(C)CC2(C1)NCCc1[nH]cnc12. The molecule has 1 saturated carbocycles. The van der Waals surface area contributed by atoms with Gasteiger partial charge in [0.25, 0.3) is 0 Å². The summed E-state index contributed by atoms with van der Waals surface area (Å²) in [7, 11) is 0. The Bertz CT molecular complexity index is 356. The molecule has 3 nitrogen and oxygen atoms in total. The van der Waals surface area contributed by atoms with Gasteiger partial charge in [-0.1, -0.05) is 13.8 Å². The molecular formula is C11H17N3. The standard InChI is InChI=1S/C11H17N3/c1-10(2)5-11(6-10)9-8(3-4-14-11)12-7-13-9/h7,14H,3-6H2,1-2H3,(H,12,13). The average Bonchev–Trinajstić information content (AvgIpc) is 2.49. The van der Waals surface area contributed by atoms with Crippen molar-refractivity contribution in [2.75, 3.05) is 6.54 Å². The number of nitrogens with zero attached hydrogens (tertiary/aromatic N) is 1. The normalized spacial score (nSPS) is 27.0. The van der Waals surface area contributed by atoms with E-state index in [9.17, 15) is 0 Å². The molecule has 1 aromatic rings. The van der Waals surface area contributed by atoms with Gasteiger partial charge in [-0.05, 0) is 18.3 Å². The molecule has 0 radical (unpaired) electrons. The van der Waals surface area contributed by atoms with Gasteiger partial charge in [-0.3, -0.25) is 0 Å². The zero-order chi connectivity index (χ0) is 9.81. The zero-order valence-corrected chi connectivity index (χ0v) is 8.85. The molecule has 2 aliphatic rings. The third kappa shape index (κ3) is 0.989. The van der Waals surface area contributed by atoms with Crippen LogP contribution in [0.1, 0.15) is 38.1 Å². The quantitative estimate of drug-likeness (QED) is 0.653. The summed E-state index contributed by atoms with van der Waals surface area (Å²) in [5.74, 6) is 0. The molecule has 3 heteroatoms. The summed E-state index contributed by atoms with van der Waals surface area (Å²) in [6, 6.07) is 0. The van der Waals surface area contributed by atoms with E-state index in [4.69, 9.17) is 0 Å². The highest BCUT2D eigenvalue weighted by Gasteiger charge is 2.53. The fourth-order valence-corrected chi connectivity index (χ4v) is 3.31. The molecule has 0 amide bonds. The number of aromatic nitrogens is 2. The van der Waals surface area contributed by atoms with Gasteiger partial charge in [0.15, 0.2) is 0 Å². The average molecular weight is 191 g/mol. The van der Waals surface area contributed by atoms with E-state index in [1.165, 1.54) is 24.2 Å². The highest BCUT2D eigenvalue weighted by molar-refractivity contribution is 5.29. The second-order valence-corrected chi connectivity index (χ2v) is 5.51. The number of hydrogen-bond donors (Lipinski definition) is 2. The molecule has 1 spiro atoms. The van der Waals surface area contributed by atoms with Crippen molar-refractivity contribution in [3.05, 3.63) is 17.7 Å². The van der Waals surface area contributed by atoms with Crippen molar-refractivity contribution < 1.29 is 0 Å². The van der Waals surface area contributed by atoms with Crippen LogP contribution in [0.15, 0.2) is 6.33 Å². The van der Waals surface area contributed by atoms with Gasteiger partial charge in [-0.15, -0.1) is 0 Å². The van der Waals surface area contributed by atoms with E-state index in [1.807, 2.05) is 6.33 Å². The smallest absolute Gasteiger partial charge is 0.0926 e. The third-order valence-electron chi connectivity index (χ3n) is 3.57. The molecule has 2 heterocycles. The highest BCUT2D eigenvalue weighted by atomic mass is 15.1. The first-order valence-corrected chi connectivity index (χ1v) is 5.39. The van der Waals surface area contributed by atoms with Crippen molar-refractivity contribution >= 4 is 0 Å². The second kappa shape index (κ2) is 2.40. The Labute approximate surface area is 84.3 Å². The molecule has 0 aromatic carbocycles. The van der Waals surface area contributed by atoms with Crippen molar-refractivity contribution in [3.8, 4) is 0 Å². The van der Waals surface area contributed by atoms with Crippen LogP contribution in [0.3, 0.4) is 0 Å². The van der Waals surface area contributed by atoms with Crippen molar-refractivity contribution in [1.29, 1.82) is 0 Å². The predicted octanol–water partition coefficient (Wildman–Crippen LogP) is 1.57. The number of nitrogens with one attached hydrogen (secondary N) is 2. The first-order valence-electron chi connectivity index (χ1n) is 5.39. The summed E-state index contributed by atoms with van der Waals surface area (Å²) in [6.45, 7) is 5.76. The number of H-pyrrole nitrogens is 1. The number of hydrogen-bond acceptors (Lipinski definition) is 2. The van der Waals surface area contributed by atoms with Crippen molar-refractivity contribution in [3.63, 3.8) is 0 Å². The monoisotopic (exact) mass is 191 g/mol. The molecule has 2 N–H and O–H groups in total. The van der Waals surface area contributed by atoms with Crippen LogP contribution in [0.5, 0.6) is 0 Å². The van der Waals surface area contributed by atoms with E-state index in [-0.39, 0.29) is 5.54 Å². The van der Waals surface area contributed by atoms with E-state index in [0.717, 1.165) is 13.0 Å². The summed E-state index contributed by atoms with van der Waals surface area (Å²) in [6.07, 6.45) is 5.37.